The van der Waals surface area contributed by atoms with Gasteiger partial charge in [-0.05, 0) is 13.8 Å². The molecule has 0 saturated heterocycles. The normalized spacial score (nSPS) is 12.1. The second kappa shape index (κ2) is 4.23. The summed E-state index contributed by atoms with van der Waals surface area (Å²) in [6, 6.07) is 0. The summed E-state index contributed by atoms with van der Waals surface area (Å²) in [6.07, 6.45) is 0. The minimum Gasteiger partial charge on any atom is -0.396 e. The van der Waals surface area contributed by atoms with Crippen molar-refractivity contribution in [3.8, 4) is 0 Å². The number of anilines is 1. The predicted octanol–water partition coefficient (Wildman–Crippen LogP) is 1.75. The largest absolute Gasteiger partial charge is 0.396 e. The summed E-state index contributed by atoms with van der Waals surface area (Å²) in [5, 5.41) is 4.41. The molecule has 0 aliphatic carbocycles. The van der Waals surface area contributed by atoms with Gasteiger partial charge in [0.25, 0.3) is 0 Å². The van der Waals surface area contributed by atoms with E-state index in [0.29, 0.717) is 6.61 Å². The maximum atomic E-state index is 5.88. The van der Waals surface area contributed by atoms with E-state index in [1.54, 1.807) is 7.11 Å². The monoisotopic (exact) mass is 211 g/mol. The summed E-state index contributed by atoms with van der Waals surface area (Å²) in [4.78, 5) is 0. The lowest BCUT2D eigenvalue weighted by Crippen LogP contribution is -2.26. The molecular formula is C11H21N3O. The maximum Gasteiger partial charge on any atom is 0.0825 e. The molecule has 0 unspecified atom stereocenters. The van der Waals surface area contributed by atoms with Crippen LogP contribution in [0.4, 0.5) is 5.69 Å². The van der Waals surface area contributed by atoms with Gasteiger partial charge in [0.2, 0.25) is 0 Å². The summed E-state index contributed by atoms with van der Waals surface area (Å²) < 4.78 is 7.15. The molecule has 0 aliphatic heterocycles. The van der Waals surface area contributed by atoms with Crippen LogP contribution in [0.1, 0.15) is 25.2 Å². The molecular weight excluding hydrogens is 190 g/mol. The van der Waals surface area contributed by atoms with Crippen molar-refractivity contribution in [1.82, 2.24) is 9.78 Å². The van der Waals surface area contributed by atoms with Crippen LogP contribution in [0, 0.1) is 19.3 Å². The van der Waals surface area contributed by atoms with Crippen LogP contribution in [0.25, 0.3) is 0 Å². The number of methoxy groups -OCH3 is 1. The number of aryl methyl sites for hydroxylation is 1. The molecule has 15 heavy (non-hydrogen) atoms. The molecule has 86 valence electrons. The Morgan fingerprint density at radius 3 is 2.40 bits per heavy atom. The maximum absolute atomic E-state index is 5.88. The molecule has 0 saturated carbocycles. The SMILES string of the molecule is COCC(C)(C)Cn1nc(C)c(N)c1C. The fourth-order valence-corrected chi connectivity index (χ4v) is 1.71. The highest BCUT2D eigenvalue weighted by Gasteiger charge is 2.21. The zero-order valence-corrected chi connectivity index (χ0v) is 10.3. The van der Waals surface area contributed by atoms with Crippen molar-refractivity contribution < 1.29 is 4.74 Å². The summed E-state index contributed by atoms with van der Waals surface area (Å²) in [6.45, 7) is 9.78. The lowest BCUT2D eigenvalue weighted by Gasteiger charge is -2.24. The highest BCUT2D eigenvalue weighted by molar-refractivity contribution is 5.46. The average molecular weight is 211 g/mol. The van der Waals surface area contributed by atoms with Crippen molar-refractivity contribution in [1.29, 1.82) is 0 Å². The van der Waals surface area contributed by atoms with Gasteiger partial charge in [0, 0.05) is 19.1 Å². The Morgan fingerprint density at radius 1 is 1.40 bits per heavy atom. The number of nitrogens with two attached hydrogens (primary N) is 1. The van der Waals surface area contributed by atoms with Crippen molar-refractivity contribution in [2.75, 3.05) is 19.5 Å². The number of nitrogen functional groups attached to an aromatic ring is 1. The molecule has 0 aliphatic rings. The van der Waals surface area contributed by atoms with E-state index in [-0.39, 0.29) is 5.41 Å². The zero-order chi connectivity index (χ0) is 11.6. The van der Waals surface area contributed by atoms with Crippen molar-refractivity contribution in [3.63, 3.8) is 0 Å². The van der Waals surface area contributed by atoms with Gasteiger partial charge in [-0.15, -0.1) is 0 Å². The van der Waals surface area contributed by atoms with E-state index in [1.807, 2.05) is 18.5 Å². The van der Waals surface area contributed by atoms with Crippen LogP contribution in [0.5, 0.6) is 0 Å². The van der Waals surface area contributed by atoms with Gasteiger partial charge in [-0.1, -0.05) is 13.8 Å². The van der Waals surface area contributed by atoms with Gasteiger partial charge in [0.05, 0.1) is 23.7 Å². The number of hydrogen-bond donors (Lipinski definition) is 1. The molecule has 1 aromatic rings. The van der Waals surface area contributed by atoms with E-state index >= 15 is 0 Å². The molecule has 0 spiro atoms. The molecule has 0 amide bonds. The second-order valence-corrected chi connectivity index (χ2v) is 4.84. The molecule has 0 radical (unpaired) electrons. The first-order valence-corrected chi connectivity index (χ1v) is 5.16. The Bertz CT molecular complexity index is 342. The average Bonchev–Trinajstić information content (AvgIpc) is 2.33. The first-order chi connectivity index (χ1) is 6.87. The van der Waals surface area contributed by atoms with E-state index in [2.05, 4.69) is 18.9 Å². The zero-order valence-electron chi connectivity index (χ0n) is 10.3. The highest BCUT2D eigenvalue weighted by Crippen LogP contribution is 2.22. The molecule has 2 N–H and O–H groups in total. The minimum absolute atomic E-state index is 0.0738. The van der Waals surface area contributed by atoms with Gasteiger partial charge in [-0.3, -0.25) is 4.68 Å². The molecule has 1 heterocycles. The third kappa shape index (κ3) is 2.72. The quantitative estimate of drug-likeness (QED) is 0.825. The molecule has 0 aromatic carbocycles. The van der Waals surface area contributed by atoms with Crippen LogP contribution >= 0.6 is 0 Å². The van der Waals surface area contributed by atoms with Crippen LogP contribution in [0.2, 0.25) is 0 Å². The van der Waals surface area contributed by atoms with Crippen LogP contribution in [0.15, 0.2) is 0 Å². The lowest BCUT2D eigenvalue weighted by molar-refractivity contribution is 0.0886. The number of ether oxygens (including phenoxy) is 1. The standard InChI is InChI=1S/C11H21N3O/c1-8-10(12)9(2)14(13-8)6-11(3,4)7-15-5/h6-7,12H2,1-5H3. The first kappa shape index (κ1) is 12.0. The first-order valence-electron chi connectivity index (χ1n) is 5.16. The molecule has 1 rings (SSSR count). The van der Waals surface area contributed by atoms with E-state index < -0.39 is 0 Å². The molecule has 4 nitrogen and oxygen atoms in total. The van der Waals surface area contributed by atoms with Crippen molar-refractivity contribution >= 4 is 5.69 Å². The third-order valence-corrected chi connectivity index (χ3v) is 2.55. The Kier molecular flexibility index (Phi) is 3.39. The van der Waals surface area contributed by atoms with Gasteiger partial charge >= 0.3 is 0 Å². The Hall–Kier alpha value is -1.03. The second-order valence-electron chi connectivity index (χ2n) is 4.84. The number of hydrogen-bond acceptors (Lipinski definition) is 3. The third-order valence-electron chi connectivity index (χ3n) is 2.55. The summed E-state index contributed by atoms with van der Waals surface area (Å²) in [7, 11) is 1.72. The van der Waals surface area contributed by atoms with Crippen LogP contribution in [0.3, 0.4) is 0 Å². The van der Waals surface area contributed by atoms with Crippen LogP contribution in [-0.2, 0) is 11.3 Å². The van der Waals surface area contributed by atoms with Gasteiger partial charge < -0.3 is 10.5 Å². The Labute approximate surface area is 91.4 Å². The van der Waals surface area contributed by atoms with E-state index in [4.69, 9.17) is 10.5 Å². The van der Waals surface area contributed by atoms with E-state index in [0.717, 1.165) is 23.6 Å². The molecule has 1 aromatic heterocycles. The minimum atomic E-state index is 0.0738. The molecule has 0 atom stereocenters. The molecule has 0 fully saturated rings. The fourth-order valence-electron chi connectivity index (χ4n) is 1.71. The number of nitrogens with zero attached hydrogens (tertiary/aromatic N) is 2. The molecule has 0 bridgehead atoms. The van der Waals surface area contributed by atoms with Crippen LogP contribution in [-0.4, -0.2) is 23.5 Å². The van der Waals surface area contributed by atoms with Gasteiger partial charge in [0.15, 0.2) is 0 Å². The fraction of sp³-hybridized carbons (Fsp3) is 0.727. The van der Waals surface area contributed by atoms with E-state index in [1.165, 1.54) is 0 Å². The van der Waals surface area contributed by atoms with Crippen molar-refractivity contribution in [2.45, 2.75) is 34.2 Å². The van der Waals surface area contributed by atoms with Gasteiger partial charge in [-0.2, -0.15) is 5.10 Å². The number of aromatic nitrogens is 2. The van der Waals surface area contributed by atoms with Crippen molar-refractivity contribution in [3.05, 3.63) is 11.4 Å². The number of rotatable bonds is 4. The summed E-state index contributed by atoms with van der Waals surface area (Å²) in [5.74, 6) is 0. The lowest BCUT2D eigenvalue weighted by atomic mass is 9.95. The Morgan fingerprint density at radius 2 is 2.00 bits per heavy atom. The van der Waals surface area contributed by atoms with Crippen molar-refractivity contribution in [2.24, 2.45) is 5.41 Å². The summed E-state index contributed by atoms with van der Waals surface area (Å²) in [5.41, 5.74) is 8.69. The Balaban J connectivity index is 2.85. The summed E-state index contributed by atoms with van der Waals surface area (Å²) >= 11 is 0. The van der Waals surface area contributed by atoms with Gasteiger partial charge in [0.1, 0.15) is 0 Å². The topological polar surface area (TPSA) is 53.1 Å². The molecule has 4 heteroatoms. The predicted molar refractivity (Wildman–Crippen MR) is 61.8 cm³/mol. The smallest absolute Gasteiger partial charge is 0.0825 e. The highest BCUT2D eigenvalue weighted by atomic mass is 16.5. The van der Waals surface area contributed by atoms with E-state index in [9.17, 15) is 0 Å². The van der Waals surface area contributed by atoms with Crippen LogP contribution < -0.4 is 5.73 Å². The van der Waals surface area contributed by atoms with Gasteiger partial charge in [-0.25, -0.2) is 0 Å².